The van der Waals surface area contributed by atoms with Crippen LogP contribution in [-0.4, -0.2) is 86.7 Å². The Kier molecular flexibility index (Phi) is 13.3. The number of benzene rings is 2. The summed E-state index contributed by atoms with van der Waals surface area (Å²) in [6, 6.07) is 16.4. The lowest BCUT2D eigenvalue weighted by molar-refractivity contribution is -0.145. The van der Waals surface area contributed by atoms with Gasteiger partial charge in [0, 0.05) is 19.5 Å². The Labute approximate surface area is 242 Å². The van der Waals surface area contributed by atoms with Gasteiger partial charge in [-0.25, -0.2) is 4.79 Å². The van der Waals surface area contributed by atoms with Gasteiger partial charge < -0.3 is 25.4 Å². The third-order valence-electron chi connectivity index (χ3n) is 6.98. The summed E-state index contributed by atoms with van der Waals surface area (Å²) in [4.78, 5) is 54.2. The summed E-state index contributed by atoms with van der Waals surface area (Å²) in [6.45, 7) is 4.50. The van der Waals surface area contributed by atoms with Crippen molar-refractivity contribution >= 4 is 23.7 Å². The molecular weight excluding hydrogens is 524 g/mol. The highest BCUT2D eigenvalue weighted by Gasteiger charge is 2.30. The fraction of sp³-hybridized carbons (Fsp3) is 0.484. The van der Waals surface area contributed by atoms with E-state index >= 15 is 0 Å². The normalized spacial score (nSPS) is 15.7. The molecule has 1 aliphatic heterocycles. The Hall–Kier alpha value is -3.76. The van der Waals surface area contributed by atoms with Gasteiger partial charge in [-0.2, -0.15) is 0 Å². The van der Waals surface area contributed by atoms with Crippen LogP contribution in [0.3, 0.4) is 0 Å². The van der Waals surface area contributed by atoms with Crippen molar-refractivity contribution in [3.63, 3.8) is 0 Å². The third-order valence-corrected chi connectivity index (χ3v) is 6.98. The van der Waals surface area contributed by atoms with Crippen molar-refractivity contribution in [3.8, 4) is 0 Å². The Morgan fingerprint density at radius 2 is 1.37 bits per heavy atom. The lowest BCUT2D eigenvalue weighted by Crippen LogP contribution is -2.57. The van der Waals surface area contributed by atoms with E-state index in [0.717, 1.165) is 11.1 Å². The molecule has 0 radical (unpaired) electrons. The third kappa shape index (κ3) is 11.0. The van der Waals surface area contributed by atoms with E-state index in [0.29, 0.717) is 52.0 Å². The van der Waals surface area contributed by atoms with E-state index < -0.39 is 35.9 Å². The zero-order valence-electron chi connectivity index (χ0n) is 24.0. The molecule has 1 heterocycles. The minimum Gasteiger partial charge on any atom is -0.467 e. The monoisotopic (exact) mass is 566 g/mol. The second-order valence-corrected chi connectivity index (χ2v) is 10.2. The number of nitrogens with zero attached hydrogens (tertiary/aromatic N) is 1. The molecule has 0 unspecified atom stereocenters. The minimum absolute atomic E-state index is 0.164. The van der Waals surface area contributed by atoms with Crippen molar-refractivity contribution in [3.05, 3.63) is 71.8 Å². The number of ether oxygens (including phenoxy) is 2. The van der Waals surface area contributed by atoms with Gasteiger partial charge in [0.2, 0.25) is 17.7 Å². The van der Waals surface area contributed by atoms with Crippen LogP contribution in [0.15, 0.2) is 60.7 Å². The topological polar surface area (TPSA) is 126 Å². The smallest absolute Gasteiger partial charge is 0.328 e. The van der Waals surface area contributed by atoms with Crippen molar-refractivity contribution in [2.45, 2.75) is 57.2 Å². The van der Waals surface area contributed by atoms with Crippen molar-refractivity contribution in [2.24, 2.45) is 0 Å². The lowest BCUT2D eigenvalue weighted by atomic mass is 10.0. The summed E-state index contributed by atoms with van der Waals surface area (Å²) in [5, 5.41) is 8.48. The number of hydrogen-bond acceptors (Lipinski definition) is 7. The van der Waals surface area contributed by atoms with Crippen LogP contribution in [-0.2, 0) is 41.5 Å². The van der Waals surface area contributed by atoms with Crippen LogP contribution in [0.5, 0.6) is 0 Å². The molecule has 2 aromatic rings. The van der Waals surface area contributed by atoms with Crippen LogP contribution in [0.4, 0.5) is 0 Å². The zero-order valence-corrected chi connectivity index (χ0v) is 24.0. The number of carbonyl (C=O) groups excluding carboxylic acids is 4. The Balaban J connectivity index is 1.68. The van der Waals surface area contributed by atoms with E-state index in [1.165, 1.54) is 7.11 Å². The number of esters is 1. The first-order valence-corrected chi connectivity index (χ1v) is 14.3. The van der Waals surface area contributed by atoms with Crippen LogP contribution >= 0.6 is 0 Å². The molecule has 10 nitrogen and oxygen atoms in total. The zero-order chi connectivity index (χ0) is 29.5. The molecule has 0 saturated carbocycles. The average Bonchev–Trinajstić information content (AvgIpc) is 2.99. The lowest BCUT2D eigenvalue weighted by Gasteiger charge is -2.28. The number of aryl methyl sites for hydroxylation is 1. The van der Waals surface area contributed by atoms with Crippen LogP contribution in [0, 0.1) is 0 Å². The Morgan fingerprint density at radius 3 is 1.95 bits per heavy atom. The summed E-state index contributed by atoms with van der Waals surface area (Å²) in [6.07, 6.45) is 2.18. The summed E-state index contributed by atoms with van der Waals surface area (Å²) < 4.78 is 10.3. The van der Waals surface area contributed by atoms with E-state index in [1.807, 2.05) is 72.5 Å². The van der Waals surface area contributed by atoms with Crippen LogP contribution in [0.2, 0.25) is 0 Å². The highest BCUT2D eigenvalue weighted by molar-refractivity contribution is 5.93. The van der Waals surface area contributed by atoms with Gasteiger partial charge >= 0.3 is 5.97 Å². The number of amides is 3. The van der Waals surface area contributed by atoms with Gasteiger partial charge in [-0.1, -0.05) is 74.0 Å². The molecule has 41 heavy (non-hydrogen) atoms. The number of hydrogen-bond donors (Lipinski definition) is 3. The summed E-state index contributed by atoms with van der Waals surface area (Å²) in [5.41, 5.74) is 1.90. The Morgan fingerprint density at radius 1 is 0.805 bits per heavy atom. The molecule has 1 aliphatic rings. The van der Waals surface area contributed by atoms with E-state index in [4.69, 9.17) is 9.47 Å². The van der Waals surface area contributed by atoms with Gasteiger partial charge in [0.1, 0.15) is 18.1 Å². The van der Waals surface area contributed by atoms with E-state index in [-0.39, 0.29) is 18.9 Å². The molecule has 0 spiro atoms. The van der Waals surface area contributed by atoms with E-state index in [2.05, 4.69) is 16.0 Å². The number of nitrogens with one attached hydrogen (secondary N) is 3. The highest BCUT2D eigenvalue weighted by atomic mass is 16.5. The largest absolute Gasteiger partial charge is 0.467 e. The van der Waals surface area contributed by atoms with Crippen molar-refractivity contribution < 1.29 is 28.7 Å². The quantitative estimate of drug-likeness (QED) is 0.280. The molecule has 0 aromatic heterocycles. The molecule has 10 heteroatoms. The summed E-state index contributed by atoms with van der Waals surface area (Å²) in [7, 11) is 1.27. The predicted molar refractivity (Wildman–Crippen MR) is 155 cm³/mol. The first kappa shape index (κ1) is 31.8. The van der Waals surface area contributed by atoms with Gasteiger partial charge in [0.05, 0.1) is 26.9 Å². The number of morpholine rings is 1. The van der Waals surface area contributed by atoms with Crippen LogP contribution < -0.4 is 16.0 Å². The second kappa shape index (κ2) is 17.1. The maximum Gasteiger partial charge on any atom is 0.328 e. The van der Waals surface area contributed by atoms with Crippen LogP contribution in [0.25, 0.3) is 0 Å². The summed E-state index contributed by atoms with van der Waals surface area (Å²) in [5.74, 6) is -1.75. The molecule has 1 saturated heterocycles. The molecule has 0 bridgehead atoms. The van der Waals surface area contributed by atoms with Gasteiger partial charge in [0.15, 0.2) is 0 Å². The van der Waals surface area contributed by atoms with Crippen molar-refractivity contribution in [2.75, 3.05) is 40.0 Å². The van der Waals surface area contributed by atoms with Crippen molar-refractivity contribution in [1.82, 2.24) is 20.9 Å². The average molecular weight is 567 g/mol. The number of rotatable bonds is 15. The fourth-order valence-electron chi connectivity index (χ4n) is 4.71. The van der Waals surface area contributed by atoms with Gasteiger partial charge in [-0.15, -0.1) is 0 Å². The summed E-state index contributed by atoms with van der Waals surface area (Å²) >= 11 is 0. The molecular formula is C31H42N4O6. The molecule has 0 aliphatic carbocycles. The predicted octanol–water partition coefficient (Wildman–Crippen LogP) is 1.62. The molecule has 3 rings (SSSR count). The molecule has 222 valence electrons. The Bertz CT molecular complexity index is 1110. The standard InChI is InChI=1S/C31H42N4O6/c1-3-10-25(29(37)34-27(31(39)40-2)21-24-13-8-5-9-14-24)33-30(38)26(16-15-23-11-6-4-7-12-23)32-28(36)22-35-17-19-41-20-18-35/h4-9,11-14,25-27H,3,10,15-22H2,1-2H3,(H,32,36)(H,33,38)(H,34,37)/t25-,26-,27-/m0/s1. The van der Waals surface area contributed by atoms with Crippen LogP contribution in [0.1, 0.15) is 37.3 Å². The highest BCUT2D eigenvalue weighted by Crippen LogP contribution is 2.09. The maximum atomic E-state index is 13.5. The van der Waals surface area contributed by atoms with Gasteiger partial charge in [0.25, 0.3) is 0 Å². The molecule has 2 aromatic carbocycles. The fourth-order valence-corrected chi connectivity index (χ4v) is 4.71. The molecule has 3 N–H and O–H groups in total. The first-order chi connectivity index (χ1) is 19.9. The SMILES string of the molecule is CCC[C@H](NC(=O)[C@H](CCc1ccccc1)NC(=O)CN1CCOCC1)C(=O)N[C@@H](Cc1ccccc1)C(=O)OC. The van der Waals surface area contributed by atoms with Crippen molar-refractivity contribution in [1.29, 1.82) is 0 Å². The van der Waals surface area contributed by atoms with Gasteiger partial charge in [-0.05, 0) is 30.4 Å². The molecule has 3 amide bonds. The minimum atomic E-state index is -0.909. The molecule has 1 fully saturated rings. The van der Waals surface area contributed by atoms with E-state index in [9.17, 15) is 19.2 Å². The molecule has 3 atom stereocenters. The number of carbonyl (C=O) groups is 4. The number of methoxy groups -OCH3 is 1. The first-order valence-electron chi connectivity index (χ1n) is 14.3. The van der Waals surface area contributed by atoms with Gasteiger partial charge in [-0.3, -0.25) is 19.3 Å². The maximum absolute atomic E-state index is 13.5. The van der Waals surface area contributed by atoms with E-state index in [1.54, 1.807) is 0 Å². The second-order valence-electron chi connectivity index (χ2n) is 10.2.